The summed E-state index contributed by atoms with van der Waals surface area (Å²) in [5.74, 6) is 0.936. The second-order valence-electron chi connectivity index (χ2n) is 6.47. The van der Waals surface area contributed by atoms with Crippen LogP contribution in [0.3, 0.4) is 0 Å². The predicted molar refractivity (Wildman–Crippen MR) is 89.5 cm³/mol. The standard InChI is InChI=1S/C20H21NO2/c1-21(17-11-6-9-14-7-2-4-10-16(14)17)20(22)19-13-15-8-3-5-12-18(15)23-19/h2-5,7-8,10,12,17,19H,6,9,11,13H2,1H3. The van der Waals surface area contributed by atoms with Crippen molar-refractivity contribution in [2.45, 2.75) is 37.8 Å². The van der Waals surface area contributed by atoms with Gasteiger partial charge in [0.2, 0.25) is 0 Å². The van der Waals surface area contributed by atoms with Crippen molar-refractivity contribution in [3.05, 3.63) is 65.2 Å². The first-order valence-electron chi connectivity index (χ1n) is 8.33. The van der Waals surface area contributed by atoms with Crippen LogP contribution in [-0.2, 0) is 17.6 Å². The predicted octanol–water partition coefficient (Wildman–Crippen LogP) is 3.53. The third-order valence-corrected chi connectivity index (χ3v) is 5.08. The molecule has 0 saturated heterocycles. The minimum atomic E-state index is -0.383. The van der Waals surface area contributed by atoms with E-state index < -0.39 is 0 Å². The Morgan fingerprint density at radius 1 is 1.09 bits per heavy atom. The molecule has 2 unspecified atom stereocenters. The van der Waals surface area contributed by atoms with Crippen molar-refractivity contribution in [1.82, 2.24) is 4.90 Å². The van der Waals surface area contributed by atoms with E-state index in [-0.39, 0.29) is 18.1 Å². The minimum absolute atomic E-state index is 0.0860. The van der Waals surface area contributed by atoms with E-state index in [0.29, 0.717) is 6.42 Å². The van der Waals surface area contributed by atoms with E-state index in [4.69, 9.17) is 4.74 Å². The summed E-state index contributed by atoms with van der Waals surface area (Å²) >= 11 is 0. The van der Waals surface area contributed by atoms with Crippen LogP contribution in [0.2, 0.25) is 0 Å². The highest BCUT2D eigenvalue weighted by Gasteiger charge is 2.35. The molecule has 23 heavy (non-hydrogen) atoms. The van der Waals surface area contributed by atoms with E-state index in [2.05, 4.69) is 24.3 Å². The van der Waals surface area contributed by atoms with Crippen molar-refractivity contribution < 1.29 is 9.53 Å². The lowest BCUT2D eigenvalue weighted by Gasteiger charge is -2.34. The second-order valence-corrected chi connectivity index (χ2v) is 6.47. The number of hydrogen-bond acceptors (Lipinski definition) is 2. The SMILES string of the molecule is CN(C(=O)C1Cc2ccccc2O1)C1CCCc2ccccc21. The Hall–Kier alpha value is -2.29. The zero-order valence-electron chi connectivity index (χ0n) is 13.4. The number of para-hydroxylation sites is 1. The van der Waals surface area contributed by atoms with Gasteiger partial charge in [0.25, 0.3) is 5.91 Å². The number of hydrogen-bond donors (Lipinski definition) is 0. The highest BCUT2D eigenvalue weighted by atomic mass is 16.5. The molecule has 2 aliphatic rings. The number of rotatable bonds is 2. The molecule has 0 spiro atoms. The molecule has 0 N–H and O–H groups in total. The third kappa shape index (κ3) is 2.50. The number of carbonyl (C=O) groups is 1. The lowest BCUT2D eigenvalue weighted by Crippen LogP contribution is -2.42. The summed E-state index contributed by atoms with van der Waals surface area (Å²) in [5.41, 5.74) is 3.80. The molecule has 2 atom stereocenters. The summed E-state index contributed by atoms with van der Waals surface area (Å²) in [4.78, 5) is 14.8. The molecule has 0 radical (unpaired) electrons. The molecule has 0 aromatic heterocycles. The van der Waals surface area contributed by atoms with Crippen LogP contribution in [0, 0.1) is 0 Å². The number of amides is 1. The molecule has 1 aliphatic heterocycles. The minimum Gasteiger partial charge on any atom is -0.480 e. The van der Waals surface area contributed by atoms with Gasteiger partial charge in [0.15, 0.2) is 6.10 Å². The highest BCUT2D eigenvalue weighted by Crippen LogP contribution is 2.35. The van der Waals surface area contributed by atoms with Crippen LogP contribution in [-0.4, -0.2) is 24.0 Å². The van der Waals surface area contributed by atoms with Gasteiger partial charge < -0.3 is 9.64 Å². The van der Waals surface area contributed by atoms with Crippen molar-refractivity contribution in [2.24, 2.45) is 0 Å². The summed E-state index contributed by atoms with van der Waals surface area (Å²) in [6.45, 7) is 0. The second kappa shape index (κ2) is 5.73. The van der Waals surface area contributed by atoms with E-state index in [1.807, 2.05) is 36.2 Å². The number of fused-ring (bicyclic) bond motifs is 2. The molecule has 118 valence electrons. The van der Waals surface area contributed by atoms with Crippen LogP contribution in [0.1, 0.15) is 35.6 Å². The molecule has 1 amide bonds. The molecule has 0 bridgehead atoms. The van der Waals surface area contributed by atoms with E-state index in [0.717, 1.165) is 30.6 Å². The summed E-state index contributed by atoms with van der Waals surface area (Å²) in [7, 11) is 1.92. The number of ether oxygens (including phenoxy) is 1. The Labute approximate surface area is 136 Å². The van der Waals surface area contributed by atoms with Gasteiger partial charge in [-0.2, -0.15) is 0 Å². The average molecular weight is 307 g/mol. The number of carbonyl (C=O) groups excluding carboxylic acids is 1. The monoisotopic (exact) mass is 307 g/mol. The maximum atomic E-state index is 12.9. The fraction of sp³-hybridized carbons (Fsp3) is 0.350. The number of aryl methyl sites for hydroxylation is 1. The van der Waals surface area contributed by atoms with E-state index in [1.165, 1.54) is 11.1 Å². The molecular formula is C20H21NO2. The molecule has 2 aromatic carbocycles. The molecule has 0 fully saturated rings. The maximum absolute atomic E-state index is 12.9. The van der Waals surface area contributed by atoms with Crippen LogP contribution >= 0.6 is 0 Å². The third-order valence-electron chi connectivity index (χ3n) is 5.08. The van der Waals surface area contributed by atoms with Crippen molar-refractivity contribution in [3.63, 3.8) is 0 Å². The van der Waals surface area contributed by atoms with Gasteiger partial charge in [-0.15, -0.1) is 0 Å². The van der Waals surface area contributed by atoms with Crippen LogP contribution in [0.5, 0.6) is 5.75 Å². The maximum Gasteiger partial charge on any atom is 0.264 e. The van der Waals surface area contributed by atoms with Gasteiger partial charge in [0, 0.05) is 13.5 Å². The van der Waals surface area contributed by atoms with Gasteiger partial charge >= 0.3 is 0 Å². The number of benzene rings is 2. The molecule has 0 saturated carbocycles. The molecular weight excluding hydrogens is 286 g/mol. The summed E-state index contributed by atoms with van der Waals surface area (Å²) < 4.78 is 5.88. The fourth-order valence-corrected chi connectivity index (χ4v) is 3.83. The molecule has 3 heteroatoms. The van der Waals surface area contributed by atoms with Crippen molar-refractivity contribution >= 4 is 5.91 Å². The lowest BCUT2D eigenvalue weighted by molar-refractivity contribution is -0.139. The zero-order valence-corrected chi connectivity index (χ0v) is 13.4. The molecule has 3 nitrogen and oxygen atoms in total. The average Bonchev–Trinajstić information content (AvgIpc) is 3.04. The smallest absolute Gasteiger partial charge is 0.264 e. The van der Waals surface area contributed by atoms with E-state index in [1.54, 1.807) is 0 Å². The molecule has 1 heterocycles. The van der Waals surface area contributed by atoms with Gasteiger partial charge in [0.1, 0.15) is 5.75 Å². The Morgan fingerprint density at radius 3 is 2.65 bits per heavy atom. The molecule has 1 aliphatic carbocycles. The largest absolute Gasteiger partial charge is 0.480 e. The van der Waals surface area contributed by atoms with Crippen molar-refractivity contribution in [3.8, 4) is 5.75 Å². The van der Waals surface area contributed by atoms with Gasteiger partial charge in [-0.25, -0.2) is 0 Å². The zero-order chi connectivity index (χ0) is 15.8. The van der Waals surface area contributed by atoms with Crippen LogP contribution in [0.25, 0.3) is 0 Å². The van der Waals surface area contributed by atoms with Crippen molar-refractivity contribution in [1.29, 1.82) is 0 Å². The first-order chi connectivity index (χ1) is 11.2. The van der Waals surface area contributed by atoms with Crippen LogP contribution < -0.4 is 4.74 Å². The van der Waals surface area contributed by atoms with Gasteiger partial charge in [-0.1, -0.05) is 42.5 Å². The summed E-state index contributed by atoms with van der Waals surface area (Å²) in [6, 6.07) is 16.6. The Morgan fingerprint density at radius 2 is 1.83 bits per heavy atom. The molecule has 4 rings (SSSR count). The normalized spacial score (nSPS) is 22.0. The number of nitrogens with zero attached hydrogens (tertiary/aromatic N) is 1. The Balaban J connectivity index is 1.54. The quantitative estimate of drug-likeness (QED) is 0.849. The first kappa shape index (κ1) is 14.3. The van der Waals surface area contributed by atoms with Crippen LogP contribution in [0.15, 0.2) is 48.5 Å². The highest BCUT2D eigenvalue weighted by molar-refractivity contribution is 5.83. The molecule has 2 aromatic rings. The van der Waals surface area contributed by atoms with E-state index in [9.17, 15) is 4.79 Å². The Bertz CT molecular complexity index is 715. The Kier molecular flexibility index (Phi) is 3.56. The van der Waals surface area contributed by atoms with E-state index >= 15 is 0 Å². The summed E-state index contributed by atoms with van der Waals surface area (Å²) in [5, 5.41) is 0. The van der Waals surface area contributed by atoms with Gasteiger partial charge in [-0.3, -0.25) is 4.79 Å². The van der Waals surface area contributed by atoms with Gasteiger partial charge in [0.05, 0.1) is 6.04 Å². The fourth-order valence-electron chi connectivity index (χ4n) is 3.83. The lowest BCUT2D eigenvalue weighted by atomic mass is 9.87. The topological polar surface area (TPSA) is 29.5 Å². The van der Waals surface area contributed by atoms with Crippen LogP contribution in [0.4, 0.5) is 0 Å². The first-order valence-corrected chi connectivity index (χ1v) is 8.33. The van der Waals surface area contributed by atoms with Gasteiger partial charge in [-0.05, 0) is 42.0 Å². The van der Waals surface area contributed by atoms with Crippen molar-refractivity contribution in [2.75, 3.05) is 7.05 Å². The number of likely N-dealkylation sites (N-methyl/N-ethyl adjacent to an activating group) is 1. The summed E-state index contributed by atoms with van der Waals surface area (Å²) in [6.07, 6.45) is 3.56.